The van der Waals surface area contributed by atoms with Crippen LogP contribution < -0.4 is 10.1 Å². The van der Waals surface area contributed by atoms with Gasteiger partial charge in [0.2, 0.25) is 0 Å². The van der Waals surface area contributed by atoms with Crippen LogP contribution in [0.5, 0.6) is 5.75 Å². The van der Waals surface area contributed by atoms with Gasteiger partial charge < -0.3 is 14.5 Å². The molecule has 0 saturated carbocycles. The SMILES string of the molecule is Cc1ccccc1Cn1cc(NC(=O)c2ccc(COc3cccc(Cl)c3)o2)cn1. The third-order valence-corrected chi connectivity index (χ3v) is 4.78. The number of ether oxygens (including phenoxy) is 1. The Morgan fingerprint density at radius 1 is 1.17 bits per heavy atom. The third kappa shape index (κ3) is 4.90. The minimum Gasteiger partial charge on any atom is -0.486 e. The van der Waals surface area contributed by atoms with Crippen LogP contribution in [0.25, 0.3) is 0 Å². The third-order valence-electron chi connectivity index (χ3n) is 4.55. The van der Waals surface area contributed by atoms with Crippen LogP contribution in [0, 0.1) is 6.92 Å². The first kappa shape index (κ1) is 19.8. The van der Waals surface area contributed by atoms with Crippen molar-refractivity contribution in [3.05, 3.63) is 101 Å². The fourth-order valence-corrected chi connectivity index (χ4v) is 3.14. The molecule has 152 valence electrons. The molecule has 0 aliphatic heterocycles. The van der Waals surface area contributed by atoms with E-state index in [0.29, 0.717) is 28.8 Å². The molecule has 0 spiro atoms. The normalized spacial score (nSPS) is 10.7. The number of aryl methyl sites for hydroxylation is 1. The molecular formula is C23H20ClN3O3. The number of rotatable bonds is 7. The van der Waals surface area contributed by atoms with Crippen LogP contribution in [0.4, 0.5) is 5.69 Å². The molecule has 7 heteroatoms. The highest BCUT2D eigenvalue weighted by atomic mass is 35.5. The predicted octanol–water partition coefficient (Wildman–Crippen LogP) is 5.32. The number of furan rings is 1. The van der Waals surface area contributed by atoms with E-state index in [2.05, 4.69) is 29.5 Å². The van der Waals surface area contributed by atoms with Gasteiger partial charge in [-0.3, -0.25) is 9.48 Å². The molecule has 4 rings (SSSR count). The van der Waals surface area contributed by atoms with Crippen molar-refractivity contribution in [2.75, 3.05) is 5.32 Å². The molecule has 6 nitrogen and oxygen atoms in total. The summed E-state index contributed by atoms with van der Waals surface area (Å²) < 4.78 is 13.0. The van der Waals surface area contributed by atoms with E-state index in [-0.39, 0.29) is 18.3 Å². The van der Waals surface area contributed by atoms with Gasteiger partial charge in [0.1, 0.15) is 18.1 Å². The van der Waals surface area contributed by atoms with Crippen molar-refractivity contribution in [1.29, 1.82) is 0 Å². The second-order valence-corrected chi connectivity index (χ2v) is 7.26. The molecule has 4 aromatic rings. The first-order valence-corrected chi connectivity index (χ1v) is 9.80. The number of carbonyl (C=O) groups excluding carboxylic acids is 1. The van der Waals surface area contributed by atoms with Gasteiger partial charge in [-0.05, 0) is 48.4 Å². The molecule has 0 unspecified atom stereocenters. The number of carbonyl (C=O) groups is 1. The van der Waals surface area contributed by atoms with Crippen LogP contribution >= 0.6 is 11.6 Å². The summed E-state index contributed by atoms with van der Waals surface area (Å²) in [5, 5.41) is 7.71. The second-order valence-electron chi connectivity index (χ2n) is 6.82. The topological polar surface area (TPSA) is 69.3 Å². The Morgan fingerprint density at radius 2 is 2.03 bits per heavy atom. The highest BCUT2D eigenvalue weighted by Gasteiger charge is 2.13. The Balaban J connectivity index is 1.34. The lowest BCUT2D eigenvalue weighted by Gasteiger charge is -2.05. The van der Waals surface area contributed by atoms with E-state index >= 15 is 0 Å². The van der Waals surface area contributed by atoms with Crippen LogP contribution in [0.2, 0.25) is 5.02 Å². The van der Waals surface area contributed by atoms with Crippen LogP contribution in [-0.4, -0.2) is 15.7 Å². The summed E-state index contributed by atoms with van der Waals surface area (Å²) in [5.41, 5.74) is 2.97. The van der Waals surface area contributed by atoms with E-state index in [4.69, 9.17) is 20.8 Å². The highest BCUT2D eigenvalue weighted by Crippen LogP contribution is 2.19. The maximum absolute atomic E-state index is 12.5. The smallest absolute Gasteiger partial charge is 0.291 e. The summed E-state index contributed by atoms with van der Waals surface area (Å²) in [6.07, 6.45) is 3.40. The van der Waals surface area contributed by atoms with Crippen molar-refractivity contribution in [2.45, 2.75) is 20.1 Å². The monoisotopic (exact) mass is 421 g/mol. The maximum Gasteiger partial charge on any atom is 0.291 e. The molecule has 0 aliphatic carbocycles. The van der Waals surface area contributed by atoms with Crippen molar-refractivity contribution in [1.82, 2.24) is 9.78 Å². The number of aromatic nitrogens is 2. The zero-order chi connectivity index (χ0) is 20.9. The molecule has 1 amide bonds. The molecule has 2 aromatic carbocycles. The van der Waals surface area contributed by atoms with E-state index in [1.54, 1.807) is 53.5 Å². The number of nitrogens with one attached hydrogen (secondary N) is 1. The van der Waals surface area contributed by atoms with Gasteiger partial charge in [-0.1, -0.05) is 41.9 Å². The summed E-state index contributed by atoms with van der Waals surface area (Å²) >= 11 is 5.94. The Hall–Kier alpha value is -3.51. The van der Waals surface area contributed by atoms with Crippen molar-refractivity contribution >= 4 is 23.2 Å². The molecular weight excluding hydrogens is 402 g/mol. The Kier molecular flexibility index (Phi) is 5.86. The largest absolute Gasteiger partial charge is 0.486 e. The van der Waals surface area contributed by atoms with Gasteiger partial charge in [0, 0.05) is 11.2 Å². The van der Waals surface area contributed by atoms with Gasteiger partial charge in [0.15, 0.2) is 5.76 Å². The van der Waals surface area contributed by atoms with Gasteiger partial charge in [-0.2, -0.15) is 5.10 Å². The zero-order valence-corrected chi connectivity index (χ0v) is 17.1. The first-order valence-electron chi connectivity index (χ1n) is 9.42. The number of halogens is 1. The van der Waals surface area contributed by atoms with Gasteiger partial charge in [-0.15, -0.1) is 0 Å². The molecule has 2 aromatic heterocycles. The lowest BCUT2D eigenvalue weighted by Crippen LogP contribution is -2.10. The minimum atomic E-state index is -0.348. The van der Waals surface area contributed by atoms with E-state index < -0.39 is 0 Å². The molecule has 30 heavy (non-hydrogen) atoms. The second kappa shape index (κ2) is 8.88. The Morgan fingerprint density at radius 3 is 2.87 bits per heavy atom. The van der Waals surface area contributed by atoms with Crippen LogP contribution in [0.3, 0.4) is 0 Å². The summed E-state index contributed by atoms with van der Waals surface area (Å²) in [6.45, 7) is 2.89. The van der Waals surface area contributed by atoms with E-state index in [1.807, 2.05) is 12.1 Å². The molecule has 0 aliphatic rings. The van der Waals surface area contributed by atoms with Gasteiger partial charge in [-0.25, -0.2) is 0 Å². The fraction of sp³-hybridized carbons (Fsp3) is 0.130. The first-order chi connectivity index (χ1) is 14.6. The molecule has 1 N–H and O–H groups in total. The van der Waals surface area contributed by atoms with Crippen LogP contribution in [0.15, 0.2) is 77.5 Å². The van der Waals surface area contributed by atoms with Crippen LogP contribution in [0.1, 0.15) is 27.4 Å². The van der Waals surface area contributed by atoms with E-state index in [1.165, 1.54) is 11.1 Å². The highest BCUT2D eigenvalue weighted by molar-refractivity contribution is 6.30. The number of nitrogens with zero attached hydrogens (tertiary/aromatic N) is 2. The lowest BCUT2D eigenvalue weighted by molar-refractivity contribution is 0.0992. The quantitative estimate of drug-likeness (QED) is 0.438. The molecule has 0 atom stereocenters. The molecule has 0 radical (unpaired) electrons. The zero-order valence-electron chi connectivity index (χ0n) is 16.3. The fourth-order valence-electron chi connectivity index (χ4n) is 2.96. The van der Waals surface area contributed by atoms with Crippen molar-refractivity contribution < 1.29 is 13.9 Å². The minimum absolute atomic E-state index is 0.196. The summed E-state index contributed by atoms with van der Waals surface area (Å²) in [4.78, 5) is 12.5. The average molecular weight is 422 g/mol. The van der Waals surface area contributed by atoms with E-state index in [9.17, 15) is 4.79 Å². The Labute approximate surface area is 179 Å². The van der Waals surface area contributed by atoms with Crippen molar-refractivity contribution in [3.8, 4) is 5.75 Å². The van der Waals surface area contributed by atoms with Gasteiger partial charge >= 0.3 is 0 Å². The standard InChI is InChI=1S/C23H20ClN3O3/c1-16-5-2-3-6-17(16)13-27-14-19(12-25-27)26-23(28)22-10-9-21(30-22)15-29-20-8-4-7-18(24)11-20/h2-12,14H,13,15H2,1H3,(H,26,28). The van der Waals surface area contributed by atoms with Crippen LogP contribution in [-0.2, 0) is 13.2 Å². The molecule has 0 fully saturated rings. The molecule has 2 heterocycles. The number of benzene rings is 2. The van der Waals surface area contributed by atoms with Gasteiger partial charge in [0.25, 0.3) is 5.91 Å². The average Bonchev–Trinajstić information content (AvgIpc) is 3.38. The maximum atomic E-state index is 12.5. The molecule has 0 bridgehead atoms. The number of hydrogen-bond acceptors (Lipinski definition) is 4. The predicted molar refractivity (Wildman–Crippen MR) is 115 cm³/mol. The number of anilines is 1. The van der Waals surface area contributed by atoms with E-state index in [0.717, 1.165) is 0 Å². The number of amides is 1. The van der Waals surface area contributed by atoms with Crippen molar-refractivity contribution in [2.24, 2.45) is 0 Å². The van der Waals surface area contributed by atoms with Gasteiger partial charge in [0.05, 0.1) is 18.4 Å². The molecule has 0 saturated heterocycles. The summed E-state index contributed by atoms with van der Waals surface area (Å²) in [6, 6.07) is 18.5. The lowest BCUT2D eigenvalue weighted by atomic mass is 10.1. The van der Waals surface area contributed by atoms with Crippen molar-refractivity contribution in [3.63, 3.8) is 0 Å². The Bertz CT molecular complexity index is 1170. The number of hydrogen-bond donors (Lipinski definition) is 1. The summed E-state index contributed by atoms with van der Waals surface area (Å²) in [7, 11) is 0. The summed E-state index contributed by atoms with van der Waals surface area (Å²) in [5.74, 6) is 1.02.